The van der Waals surface area contributed by atoms with Gasteiger partial charge in [0.1, 0.15) is 10.7 Å². The maximum Gasteiger partial charge on any atom is 0.264 e. The van der Waals surface area contributed by atoms with Crippen molar-refractivity contribution in [3.63, 3.8) is 0 Å². The average Bonchev–Trinajstić information content (AvgIpc) is 2.43. The SMILES string of the molecule is NCc1cc(Br)cc(S(=O)(=O)Nc2ccc(Br)cc2)c1F. The molecule has 0 aliphatic heterocycles. The summed E-state index contributed by atoms with van der Waals surface area (Å²) in [7, 11) is -4.04. The standard InChI is InChI=1S/C13H11Br2FN2O2S/c14-9-1-3-11(4-2-9)18-21(19,20)12-6-10(15)5-8(7-17)13(12)16/h1-6,18H,7,17H2. The molecule has 0 radical (unpaired) electrons. The summed E-state index contributed by atoms with van der Waals surface area (Å²) in [6.45, 7) is -0.0912. The van der Waals surface area contributed by atoms with Crippen molar-refractivity contribution in [3.8, 4) is 0 Å². The van der Waals surface area contributed by atoms with Crippen molar-refractivity contribution in [2.24, 2.45) is 5.73 Å². The number of benzene rings is 2. The van der Waals surface area contributed by atoms with Gasteiger partial charge in [0.05, 0.1) is 0 Å². The molecule has 3 N–H and O–H groups in total. The molecule has 112 valence electrons. The zero-order valence-electron chi connectivity index (χ0n) is 10.6. The number of sulfonamides is 1. The maximum atomic E-state index is 14.2. The first-order chi connectivity index (χ1) is 9.83. The van der Waals surface area contributed by atoms with Gasteiger partial charge in [0.25, 0.3) is 10.0 Å². The maximum absolute atomic E-state index is 14.2. The summed E-state index contributed by atoms with van der Waals surface area (Å²) < 4.78 is 42.4. The first-order valence-electron chi connectivity index (χ1n) is 5.80. The number of hydrogen-bond acceptors (Lipinski definition) is 3. The van der Waals surface area contributed by atoms with E-state index in [2.05, 4.69) is 36.6 Å². The van der Waals surface area contributed by atoms with Crippen molar-refractivity contribution in [3.05, 3.63) is 56.7 Å². The van der Waals surface area contributed by atoms with Crippen molar-refractivity contribution in [2.75, 3.05) is 4.72 Å². The zero-order chi connectivity index (χ0) is 15.6. The van der Waals surface area contributed by atoms with E-state index in [0.29, 0.717) is 10.2 Å². The Kier molecular flexibility index (Phi) is 5.03. The van der Waals surface area contributed by atoms with Crippen molar-refractivity contribution >= 4 is 47.6 Å². The van der Waals surface area contributed by atoms with E-state index >= 15 is 0 Å². The Morgan fingerprint density at radius 1 is 1.10 bits per heavy atom. The molecular weight excluding hydrogens is 427 g/mol. The highest BCUT2D eigenvalue weighted by molar-refractivity contribution is 9.10. The van der Waals surface area contributed by atoms with Gasteiger partial charge in [-0.15, -0.1) is 0 Å². The molecule has 0 atom stereocenters. The van der Waals surface area contributed by atoms with Crippen molar-refractivity contribution in [1.82, 2.24) is 0 Å². The van der Waals surface area contributed by atoms with Crippen LogP contribution in [0.15, 0.2) is 50.2 Å². The van der Waals surface area contributed by atoms with E-state index in [0.717, 1.165) is 4.47 Å². The molecule has 0 aliphatic carbocycles. The molecule has 2 rings (SSSR count). The summed E-state index contributed by atoms with van der Waals surface area (Å²) in [5.74, 6) is -0.842. The molecule has 8 heteroatoms. The summed E-state index contributed by atoms with van der Waals surface area (Å²) in [6.07, 6.45) is 0. The minimum atomic E-state index is -4.04. The molecule has 0 aromatic heterocycles. The fraction of sp³-hybridized carbons (Fsp3) is 0.0769. The lowest BCUT2D eigenvalue weighted by Crippen LogP contribution is -2.16. The van der Waals surface area contributed by atoms with E-state index in [1.54, 1.807) is 24.3 Å². The first-order valence-corrected chi connectivity index (χ1v) is 8.87. The molecular formula is C13H11Br2FN2O2S. The molecule has 0 saturated heterocycles. The van der Waals surface area contributed by atoms with Crippen LogP contribution in [-0.4, -0.2) is 8.42 Å². The predicted octanol–water partition coefficient (Wildman–Crippen LogP) is 3.61. The molecule has 0 bridgehead atoms. The summed E-state index contributed by atoms with van der Waals surface area (Å²) >= 11 is 6.41. The number of hydrogen-bond donors (Lipinski definition) is 2. The van der Waals surface area contributed by atoms with Crippen molar-refractivity contribution < 1.29 is 12.8 Å². The van der Waals surface area contributed by atoms with Gasteiger partial charge in [0.15, 0.2) is 0 Å². The van der Waals surface area contributed by atoms with E-state index in [4.69, 9.17) is 5.73 Å². The number of rotatable bonds is 4. The van der Waals surface area contributed by atoms with E-state index < -0.39 is 20.7 Å². The summed E-state index contributed by atoms with van der Waals surface area (Å²) in [6, 6.07) is 9.16. The third kappa shape index (κ3) is 3.82. The molecule has 0 spiro atoms. The smallest absolute Gasteiger partial charge is 0.264 e. The summed E-state index contributed by atoms with van der Waals surface area (Å²) in [5, 5.41) is 0. The molecule has 0 amide bonds. The van der Waals surface area contributed by atoms with Crippen LogP contribution in [-0.2, 0) is 16.6 Å². The molecule has 0 fully saturated rings. The van der Waals surface area contributed by atoms with Gasteiger partial charge in [-0.1, -0.05) is 31.9 Å². The van der Waals surface area contributed by atoms with Crippen LogP contribution in [0.1, 0.15) is 5.56 Å². The lowest BCUT2D eigenvalue weighted by molar-refractivity contribution is 0.560. The largest absolute Gasteiger partial charge is 0.326 e. The number of anilines is 1. The van der Waals surface area contributed by atoms with E-state index in [1.165, 1.54) is 12.1 Å². The van der Waals surface area contributed by atoms with Crippen LogP contribution in [0.5, 0.6) is 0 Å². The second-order valence-corrected chi connectivity index (χ2v) is 7.68. The number of nitrogens with two attached hydrogens (primary N) is 1. The fourth-order valence-corrected chi connectivity index (χ4v) is 3.82. The highest BCUT2D eigenvalue weighted by Crippen LogP contribution is 2.26. The molecule has 0 saturated carbocycles. The van der Waals surface area contributed by atoms with E-state index in [-0.39, 0.29) is 12.1 Å². The number of halogens is 3. The molecule has 0 unspecified atom stereocenters. The molecule has 4 nitrogen and oxygen atoms in total. The zero-order valence-corrected chi connectivity index (χ0v) is 14.6. The van der Waals surface area contributed by atoms with Crippen LogP contribution in [0, 0.1) is 5.82 Å². The normalized spacial score (nSPS) is 11.4. The Balaban J connectivity index is 2.44. The summed E-state index contributed by atoms with van der Waals surface area (Å²) in [4.78, 5) is -0.444. The van der Waals surface area contributed by atoms with Crippen LogP contribution in [0.3, 0.4) is 0 Å². The highest BCUT2D eigenvalue weighted by atomic mass is 79.9. The van der Waals surface area contributed by atoms with Gasteiger partial charge in [-0.3, -0.25) is 4.72 Å². The van der Waals surface area contributed by atoms with Gasteiger partial charge in [0, 0.05) is 26.7 Å². The molecule has 2 aromatic rings. The minimum absolute atomic E-state index is 0.0912. The van der Waals surface area contributed by atoms with E-state index in [9.17, 15) is 12.8 Å². The van der Waals surface area contributed by atoms with Crippen molar-refractivity contribution in [1.29, 1.82) is 0 Å². The Labute approximate surface area is 138 Å². The van der Waals surface area contributed by atoms with Crippen LogP contribution in [0.4, 0.5) is 10.1 Å². The number of nitrogens with one attached hydrogen (secondary N) is 1. The van der Waals surface area contributed by atoms with E-state index in [1.807, 2.05) is 0 Å². The Morgan fingerprint density at radius 3 is 2.29 bits per heavy atom. The summed E-state index contributed by atoms with van der Waals surface area (Å²) in [5.41, 5.74) is 5.88. The van der Waals surface area contributed by atoms with Crippen LogP contribution in [0.25, 0.3) is 0 Å². The predicted molar refractivity (Wildman–Crippen MR) is 86.9 cm³/mol. The van der Waals surface area contributed by atoms with Crippen LogP contribution in [0.2, 0.25) is 0 Å². The second kappa shape index (κ2) is 6.43. The lowest BCUT2D eigenvalue weighted by Gasteiger charge is -2.11. The quantitative estimate of drug-likeness (QED) is 0.767. The third-order valence-corrected chi connectivity index (χ3v) is 5.05. The van der Waals surface area contributed by atoms with Crippen molar-refractivity contribution in [2.45, 2.75) is 11.4 Å². The monoisotopic (exact) mass is 436 g/mol. The Morgan fingerprint density at radius 2 is 1.71 bits per heavy atom. The first kappa shape index (κ1) is 16.4. The highest BCUT2D eigenvalue weighted by Gasteiger charge is 2.22. The average molecular weight is 438 g/mol. The minimum Gasteiger partial charge on any atom is -0.326 e. The fourth-order valence-electron chi connectivity index (χ4n) is 1.69. The third-order valence-electron chi connectivity index (χ3n) is 2.69. The molecule has 0 heterocycles. The van der Waals surface area contributed by atoms with Gasteiger partial charge >= 0.3 is 0 Å². The van der Waals surface area contributed by atoms with Crippen LogP contribution >= 0.6 is 31.9 Å². The lowest BCUT2D eigenvalue weighted by atomic mass is 10.2. The van der Waals surface area contributed by atoms with Gasteiger partial charge in [-0.05, 0) is 36.4 Å². The second-order valence-electron chi connectivity index (χ2n) is 4.19. The Bertz CT molecular complexity index is 764. The van der Waals surface area contributed by atoms with Gasteiger partial charge in [-0.25, -0.2) is 12.8 Å². The molecule has 21 heavy (non-hydrogen) atoms. The van der Waals surface area contributed by atoms with Gasteiger partial charge in [-0.2, -0.15) is 0 Å². The van der Waals surface area contributed by atoms with Crippen LogP contribution < -0.4 is 10.5 Å². The topological polar surface area (TPSA) is 72.2 Å². The molecule has 2 aromatic carbocycles. The van der Waals surface area contributed by atoms with Gasteiger partial charge < -0.3 is 5.73 Å². The van der Waals surface area contributed by atoms with Gasteiger partial charge in [0.2, 0.25) is 0 Å². The molecule has 0 aliphatic rings. The Hall–Kier alpha value is -0.960.